The Morgan fingerprint density at radius 2 is 0.441 bits per heavy atom. The monoisotopic (exact) mass is 1020 g/mol. The van der Waals surface area contributed by atoms with Crippen LogP contribution in [0.4, 0.5) is 0 Å². The van der Waals surface area contributed by atoms with Crippen LogP contribution in [0, 0.1) is 0 Å². The molecular weight excluding hydrogens is 955 g/mol. The molecule has 0 saturated carbocycles. The molecule has 34 heteroatoms. The summed E-state index contributed by atoms with van der Waals surface area (Å²) in [6.45, 7) is 0. The minimum absolute atomic E-state index is 0.0580. The van der Waals surface area contributed by atoms with Gasteiger partial charge in [0.1, 0.15) is 0 Å². The van der Waals surface area contributed by atoms with Crippen LogP contribution in [0.1, 0.15) is 0 Å². The van der Waals surface area contributed by atoms with Crippen molar-refractivity contribution in [2.75, 3.05) is 0 Å². The first-order valence-electron chi connectivity index (χ1n) is 14.2. The van der Waals surface area contributed by atoms with Gasteiger partial charge in [0.25, 0.3) is 0 Å². The SMILES string of the molecule is [SiH3][SiH]([SiH3])[Si]([Si]([SiH3])([SiH3])[SiH3])([Si]([SiH3])([SiH3])[SiH3])[Si]([Si]([SiH3])([SiH3])[SiH3])([Si]([SiH3])([SiH3])[SiH3])[Si]([Si]([SiH3])([SiH3])[SiH3])([Si]([SiH3])([SiH3])[SiH3])[Si]([SiH3])([SiH3])[SiH3]. The van der Waals surface area contributed by atoms with Gasteiger partial charge in [-0.05, 0) is 293 Å². The van der Waals surface area contributed by atoms with Gasteiger partial charge in [0.05, 0.1) is 0 Å². The third kappa shape index (κ3) is 6.51. The lowest BCUT2D eigenvalue weighted by atomic mass is 25.3. The molecule has 0 unspecified atom stereocenters. The molecule has 0 fully saturated rings. The Kier molecular flexibility index (Phi) is 15.4. The van der Waals surface area contributed by atoms with Gasteiger partial charge in [-0.2, -0.15) is 0 Å². The van der Waals surface area contributed by atoms with E-state index < -0.39 is 61.4 Å². The zero-order valence-corrected chi connectivity index (χ0v) is 85.7. The Hall–Kier alpha value is 7.37. The lowest BCUT2D eigenvalue weighted by Crippen LogP contribution is -3.21. The van der Waals surface area contributed by atoms with E-state index in [0.29, 0.717) is 0 Å². The molecule has 0 N–H and O–H groups in total. The first-order chi connectivity index (χ1) is 14.2. The van der Waals surface area contributed by atoms with E-state index in [1.807, 2.05) is 224 Å². The standard InChI is InChI=1S/H70Si34/c1-24(2)32(25(3,4)5,26(6,7)8)34(30(18,19)20,31(21,22)23)33(27(9,10)11,28(12,13)14)29(15,16)17/h24H,1-23H3. The lowest BCUT2D eigenvalue weighted by Gasteiger charge is -2.83. The predicted octanol–water partition coefficient (Wildman–Crippen LogP) is -31.7. The molecule has 0 heterocycles. The summed E-state index contributed by atoms with van der Waals surface area (Å²) in [6.07, 6.45) is -5.24. The second-order valence-corrected chi connectivity index (χ2v) is 519. The summed E-state index contributed by atoms with van der Waals surface area (Å²) in [6, 6.07) is 0. The van der Waals surface area contributed by atoms with Gasteiger partial charge in [0.2, 0.25) is 0 Å². The van der Waals surface area contributed by atoms with E-state index >= 15 is 0 Å². The maximum Gasteiger partial charge on any atom is -0.000895 e. The van der Waals surface area contributed by atoms with Gasteiger partial charge in [-0.3, -0.25) is 0 Å². The van der Waals surface area contributed by atoms with Crippen molar-refractivity contribution < 1.29 is 0 Å². The highest BCUT2D eigenvalue weighted by atomic mass is 30.9. The molecule has 0 aliphatic rings. The molecule has 0 atom stereocenters. The molecule has 0 bridgehead atoms. The van der Waals surface area contributed by atoms with Crippen LogP contribution in [0.5, 0.6) is 0 Å². The average Bonchev–Trinajstić information content (AvgIpc) is 2.35. The van der Waals surface area contributed by atoms with Crippen LogP contribution in [-0.2, 0) is 0 Å². The summed E-state index contributed by atoms with van der Waals surface area (Å²) in [5.74, 6) is 0. The normalized spacial score (nSPS) is 33.9. The molecule has 206 valence electrons. The van der Waals surface area contributed by atoms with Crippen LogP contribution >= 0.6 is 0 Å². The molecule has 0 nitrogen and oxygen atoms in total. The maximum atomic E-state index is 2.03. The van der Waals surface area contributed by atoms with Crippen LogP contribution < -0.4 is 0 Å². The van der Waals surface area contributed by atoms with Crippen molar-refractivity contribution in [3.05, 3.63) is 0 Å². The number of hydrogen-bond donors (Lipinski definition) is 0. The van der Waals surface area contributed by atoms with Crippen LogP contribution in [-0.4, -0.2) is 293 Å². The highest BCUT2D eigenvalue weighted by Gasteiger charge is 2.84. The number of hydrogen-bond acceptors (Lipinski definition) is 0. The Balaban J connectivity index is 9.48. The summed E-state index contributed by atoms with van der Waals surface area (Å²) < 4.78 is 0. The highest BCUT2D eigenvalue weighted by Crippen LogP contribution is 2.47. The third-order valence-corrected chi connectivity index (χ3v) is 811. The van der Waals surface area contributed by atoms with Gasteiger partial charge >= 0.3 is 0 Å². The molecular formula is H70Si34. The first kappa shape index (κ1) is 41.4. The smallest absolute Gasteiger partial charge is 0.000895 e. The summed E-state index contributed by atoms with van der Waals surface area (Å²) in [7, 11) is 46.2. The fourth-order valence-corrected chi connectivity index (χ4v) is 3210. The van der Waals surface area contributed by atoms with Crippen molar-refractivity contribution >= 4 is 293 Å². The third-order valence-electron chi connectivity index (χ3n) is 10.0. The van der Waals surface area contributed by atoms with Crippen molar-refractivity contribution in [1.82, 2.24) is 0 Å². The predicted molar refractivity (Wildman–Crippen MR) is 293 cm³/mol. The number of rotatable bonds is 10. The van der Waals surface area contributed by atoms with Crippen molar-refractivity contribution in [3.8, 4) is 0 Å². The minimum Gasteiger partial charge on any atom is -0.0114 e. The molecule has 0 radical (unpaired) electrons. The van der Waals surface area contributed by atoms with E-state index in [1.165, 1.54) is 0 Å². The van der Waals surface area contributed by atoms with Gasteiger partial charge < -0.3 is 0 Å². The molecule has 0 aromatic carbocycles. The zero-order chi connectivity index (χ0) is 28.6. The molecule has 0 rings (SSSR count). The Morgan fingerprint density at radius 1 is 0.265 bits per heavy atom. The van der Waals surface area contributed by atoms with Crippen molar-refractivity contribution in [3.63, 3.8) is 0 Å². The molecule has 0 spiro atoms. The summed E-state index contributed by atoms with van der Waals surface area (Å²) in [4.78, 5) is 0. The van der Waals surface area contributed by atoms with Crippen LogP contribution in [0.25, 0.3) is 0 Å². The quantitative estimate of drug-likeness (QED) is 0.191. The van der Waals surface area contributed by atoms with E-state index in [1.54, 1.807) is 0 Å². The molecule has 0 amide bonds. The van der Waals surface area contributed by atoms with Crippen molar-refractivity contribution in [2.45, 2.75) is 0 Å². The van der Waals surface area contributed by atoms with Crippen molar-refractivity contribution in [2.24, 2.45) is 0 Å². The van der Waals surface area contributed by atoms with Gasteiger partial charge in [-0.25, -0.2) is 0 Å². The van der Waals surface area contributed by atoms with E-state index in [2.05, 4.69) is 0 Å². The fraction of sp³-hybridized carbons (Fsp3) is 0. The van der Waals surface area contributed by atoms with E-state index in [4.69, 9.17) is 0 Å². The van der Waals surface area contributed by atoms with Crippen LogP contribution in [0.2, 0.25) is 0 Å². The van der Waals surface area contributed by atoms with E-state index in [9.17, 15) is 0 Å². The fourth-order valence-electron chi connectivity index (χ4n) is 13.2. The topological polar surface area (TPSA) is 0 Å². The maximum absolute atomic E-state index is 2.03. The van der Waals surface area contributed by atoms with Gasteiger partial charge in [-0.15, -0.1) is 0 Å². The molecule has 34 heavy (non-hydrogen) atoms. The molecule has 0 aromatic heterocycles. The Bertz CT molecular complexity index is 615. The second kappa shape index (κ2) is 12.6. The van der Waals surface area contributed by atoms with Gasteiger partial charge in [0.15, 0.2) is 0 Å². The van der Waals surface area contributed by atoms with E-state index in [0.717, 1.165) is 0 Å². The van der Waals surface area contributed by atoms with Crippen LogP contribution in [0.15, 0.2) is 0 Å². The van der Waals surface area contributed by atoms with Gasteiger partial charge in [0, 0.05) is 0 Å². The second-order valence-electron chi connectivity index (χ2n) is 19.2. The highest BCUT2D eigenvalue weighted by molar-refractivity contribution is 8.60. The summed E-state index contributed by atoms with van der Waals surface area (Å²) >= 11 is 0. The largest absolute Gasteiger partial charge is 0.0114 e. The summed E-state index contributed by atoms with van der Waals surface area (Å²) in [5, 5.41) is 0. The summed E-state index contributed by atoms with van der Waals surface area (Å²) in [5.41, 5.74) is 0. The molecule has 0 aromatic rings. The average molecular weight is 1030 g/mol. The van der Waals surface area contributed by atoms with Crippen molar-refractivity contribution in [1.29, 1.82) is 0 Å². The minimum atomic E-state index is -0.612. The zero-order valence-electron chi connectivity index (χ0n) is 28.6. The Morgan fingerprint density at radius 3 is 0.529 bits per heavy atom. The first-order valence-corrected chi connectivity index (χ1v) is 128. The van der Waals surface area contributed by atoms with Crippen LogP contribution in [0.3, 0.4) is 0 Å². The van der Waals surface area contributed by atoms with E-state index in [-0.39, 0.29) is 7.35 Å². The Labute approximate surface area is 288 Å². The molecule has 0 saturated heterocycles. The van der Waals surface area contributed by atoms with Gasteiger partial charge in [-0.1, -0.05) is 0 Å². The lowest BCUT2D eigenvalue weighted by molar-refractivity contribution is 2.93. The molecule has 0 aliphatic carbocycles. The molecule has 0 aliphatic heterocycles.